The van der Waals surface area contributed by atoms with Gasteiger partial charge in [-0.3, -0.25) is 24.0 Å². The van der Waals surface area contributed by atoms with Gasteiger partial charge in [-0.25, -0.2) is 4.79 Å². The fourth-order valence-corrected chi connectivity index (χ4v) is 2.82. The molecule has 194 valence electrons. The van der Waals surface area contributed by atoms with E-state index in [1.807, 2.05) is 0 Å². The summed E-state index contributed by atoms with van der Waals surface area (Å²) >= 11 is 0. The van der Waals surface area contributed by atoms with Crippen LogP contribution in [0.4, 0.5) is 0 Å². The number of aliphatic hydroxyl groups is 1. The third-order valence-corrected chi connectivity index (χ3v) is 4.70. The summed E-state index contributed by atoms with van der Waals surface area (Å²) in [6, 6.07) is -5.58. The highest BCUT2D eigenvalue weighted by Gasteiger charge is 2.32. The predicted octanol–water partition coefficient (Wildman–Crippen LogP) is -4.50. The van der Waals surface area contributed by atoms with Gasteiger partial charge in [-0.1, -0.05) is 0 Å². The van der Waals surface area contributed by atoms with Crippen LogP contribution in [0.3, 0.4) is 0 Å². The highest BCUT2D eigenvalue weighted by molar-refractivity contribution is 5.95. The lowest BCUT2D eigenvalue weighted by Crippen LogP contribution is -2.58. The van der Waals surface area contributed by atoms with Gasteiger partial charge in [0.15, 0.2) is 6.04 Å². The van der Waals surface area contributed by atoms with Gasteiger partial charge < -0.3 is 49.1 Å². The number of carbonyl (C=O) groups is 6. The summed E-state index contributed by atoms with van der Waals surface area (Å²) in [5.74, 6) is -5.74. The molecule has 0 aromatic rings. The number of nitrogens with one attached hydrogen (secondary N) is 3. The van der Waals surface area contributed by atoms with E-state index < -0.39 is 72.2 Å². The number of hydrogen-bond donors (Lipinski definition) is 9. The Bertz CT molecular complexity index is 746. The number of aliphatic carboxylic acids is 1. The van der Waals surface area contributed by atoms with E-state index in [0.29, 0.717) is 19.4 Å². The zero-order valence-corrected chi connectivity index (χ0v) is 19.0. The van der Waals surface area contributed by atoms with Crippen LogP contribution in [0, 0.1) is 0 Å². The Morgan fingerprint density at radius 3 is 1.82 bits per heavy atom. The highest BCUT2D eigenvalue weighted by atomic mass is 16.4. The molecule has 15 nitrogen and oxygen atoms in total. The van der Waals surface area contributed by atoms with Crippen LogP contribution in [0.5, 0.6) is 0 Å². The first-order valence-electron chi connectivity index (χ1n) is 10.6. The summed E-state index contributed by atoms with van der Waals surface area (Å²) in [6.07, 6.45) is -1.48. The lowest BCUT2D eigenvalue weighted by Gasteiger charge is -2.25. The normalized spacial score (nSPS) is 15.2. The maximum absolute atomic E-state index is 12.9. The first kappa shape index (κ1) is 30.7. The van der Waals surface area contributed by atoms with E-state index in [1.54, 1.807) is 0 Å². The second-order valence-corrected chi connectivity index (χ2v) is 7.75. The minimum Gasteiger partial charge on any atom is -0.480 e. The maximum atomic E-state index is 12.9. The average molecular weight is 490 g/mol. The van der Waals surface area contributed by atoms with Crippen molar-refractivity contribution in [3.05, 3.63) is 0 Å². The van der Waals surface area contributed by atoms with Gasteiger partial charge in [-0.15, -0.1) is 0 Å². The molecule has 0 aromatic carbocycles. The van der Waals surface area contributed by atoms with Gasteiger partial charge in [-0.05, 0) is 39.2 Å². The summed E-state index contributed by atoms with van der Waals surface area (Å²) in [5.41, 5.74) is 21.1. The number of unbranched alkanes of at least 4 members (excludes halogenated alkanes) is 1. The van der Waals surface area contributed by atoms with Gasteiger partial charge in [0.2, 0.25) is 29.5 Å². The molecule has 15 heteroatoms. The Morgan fingerprint density at radius 1 is 0.824 bits per heavy atom. The van der Waals surface area contributed by atoms with Crippen molar-refractivity contribution in [2.75, 3.05) is 6.54 Å². The molecule has 0 saturated carbocycles. The molecular formula is C19H35N7O8. The Balaban J connectivity index is 5.58. The number of rotatable bonds is 17. The molecule has 0 aliphatic heterocycles. The van der Waals surface area contributed by atoms with Crippen LogP contribution < -0.4 is 38.9 Å². The molecule has 0 bridgehead atoms. The van der Waals surface area contributed by atoms with Crippen molar-refractivity contribution in [2.45, 2.75) is 75.7 Å². The van der Waals surface area contributed by atoms with E-state index in [-0.39, 0.29) is 19.3 Å². The molecule has 0 heterocycles. The largest absolute Gasteiger partial charge is 0.480 e. The topological polar surface area (TPSA) is 283 Å². The zero-order chi connectivity index (χ0) is 26.4. The number of hydrogen-bond acceptors (Lipinski definition) is 9. The van der Waals surface area contributed by atoms with Crippen molar-refractivity contribution in [1.29, 1.82) is 0 Å². The smallest absolute Gasteiger partial charge is 0.328 e. The van der Waals surface area contributed by atoms with Crippen molar-refractivity contribution >= 4 is 35.5 Å². The van der Waals surface area contributed by atoms with Crippen LogP contribution in [0.25, 0.3) is 0 Å². The molecule has 0 spiro atoms. The van der Waals surface area contributed by atoms with Crippen LogP contribution in [0.1, 0.15) is 45.4 Å². The fraction of sp³-hybridized carbons (Fsp3) is 0.684. The SMILES string of the molecule is CC(O)C(NC(=O)C(CCCCN)NC(=O)C(CCC(N)=O)NC(=O)C(N)CC(N)=O)C(=O)O. The van der Waals surface area contributed by atoms with Crippen molar-refractivity contribution in [3.63, 3.8) is 0 Å². The first-order chi connectivity index (χ1) is 15.8. The Kier molecular flexibility index (Phi) is 14.0. The second-order valence-electron chi connectivity index (χ2n) is 7.75. The van der Waals surface area contributed by atoms with Crippen LogP contribution in [0.2, 0.25) is 0 Å². The van der Waals surface area contributed by atoms with E-state index in [2.05, 4.69) is 16.0 Å². The third-order valence-electron chi connectivity index (χ3n) is 4.70. The standard InChI is InChI=1S/C19H35N7O8/c1-9(27)15(19(33)34)26-18(32)11(4-2-3-7-20)25-17(31)12(5-6-13(22)28)24-16(30)10(21)8-14(23)29/h9-12,15,27H,2-8,20-21H2,1H3,(H2,22,28)(H2,23,29)(H,24,30)(H,25,31)(H,26,32)(H,33,34). The van der Waals surface area contributed by atoms with E-state index in [0.717, 1.165) is 0 Å². The molecule has 0 fully saturated rings. The van der Waals surface area contributed by atoms with Gasteiger partial charge in [-0.2, -0.15) is 0 Å². The molecule has 0 saturated heterocycles. The van der Waals surface area contributed by atoms with Gasteiger partial charge in [0.25, 0.3) is 0 Å². The summed E-state index contributed by atoms with van der Waals surface area (Å²) in [4.78, 5) is 71.2. The molecule has 0 aliphatic carbocycles. The molecule has 0 rings (SSSR count). The van der Waals surface area contributed by atoms with Crippen LogP contribution >= 0.6 is 0 Å². The minimum atomic E-state index is -1.63. The fourth-order valence-electron chi connectivity index (χ4n) is 2.82. The average Bonchev–Trinajstić information content (AvgIpc) is 2.72. The van der Waals surface area contributed by atoms with Crippen molar-refractivity contribution < 1.29 is 39.0 Å². The lowest BCUT2D eigenvalue weighted by atomic mass is 10.0. The minimum absolute atomic E-state index is 0.0681. The monoisotopic (exact) mass is 489 g/mol. The number of amides is 5. The summed E-state index contributed by atoms with van der Waals surface area (Å²) in [5, 5.41) is 25.6. The number of carboxylic acid groups (broad SMARTS) is 1. The van der Waals surface area contributed by atoms with E-state index in [1.165, 1.54) is 6.92 Å². The molecule has 0 aliphatic rings. The van der Waals surface area contributed by atoms with Crippen LogP contribution in [0.15, 0.2) is 0 Å². The molecule has 13 N–H and O–H groups in total. The van der Waals surface area contributed by atoms with Crippen LogP contribution in [-0.2, 0) is 28.8 Å². The molecule has 5 atom stereocenters. The van der Waals surface area contributed by atoms with Gasteiger partial charge in [0.1, 0.15) is 12.1 Å². The van der Waals surface area contributed by atoms with E-state index in [9.17, 15) is 39.0 Å². The maximum Gasteiger partial charge on any atom is 0.328 e. The Morgan fingerprint density at radius 2 is 1.35 bits per heavy atom. The molecular weight excluding hydrogens is 454 g/mol. The number of carboxylic acids is 1. The third kappa shape index (κ3) is 12.1. The predicted molar refractivity (Wildman–Crippen MR) is 118 cm³/mol. The molecule has 34 heavy (non-hydrogen) atoms. The lowest BCUT2D eigenvalue weighted by molar-refractivity contribution is -0.145. The molecule has 5 amide bonds. The number of nitrogens with two attached hydrogens (primary N) is 4. The van der Waals surface area contributed by atoms with Crippen molar-refractivity contribution in [3.8, 4) is 0 Å². The quantitative estimate of drug-likeness (QED) is 0.0882. The summed E-state index contributed by atoms with van der Waals surface area (Å²) in [6.45, 7) is 1.48. The Hall–Kier alpha value is -3.30. The number of aliphatic hydroxyl groups excluding tert-OH is 1. The number of carbonyl (C=O) groups excluding carboxylic acids is 5. The molecule has 0 radical (unpaired) electrons. The van der Waals surface area contributed by atoms with Crippen molar-refractivity contribution in [1.82, 2.24) is 16.0 Å². The van der Waals surface area contributed by atoms with E-state index >= 15 is 0 Å². The van der Waals surface area contributed by atoms with E-state index in [4.69, 9.17) is 22.9 Å². The number of primary amides is 2. The first-order valence-corrected chi connectivity index (χ1v) is 10.6. The Labute approximate surface area is 196 Å². The zero-order valence-electron chi connectivity index (χ0n) is 19.0. The molecule has 5 unspecified atom stereocenters. The molecule has 0 aromatic heterocycles. The van der Waals surface area contributed by atoms with Gasteiger partial charge in [0, 0.05) is 6.42 Å². The van der Waals surface area contributed by atoms with Crippen molar-refractivity contribution in [2.24, 2.45) is 22.9 Å². The summed E-state index contributed by atoms with van der Waals surface area (Å²) < 4.78 is 0. The van der Waals surface area contributed by atoms with Crippen LogP contribution in [-0.4, -0.2) is 82.5 Å². The highest BCUT2D eigenvalue weighted by Crippen LogP contribution is 2.06. The van der Waals surface area contributed by atoms with Gasteiger partial charge >= 0.3 is 5.97 Å². The summed E-state index contributed by atoms with van der Waals surface area (Å²) in [7, 11) is 0. The van der Waals surface area contributed by atoms with Gasteiger partial charge in [0.05, 0.1) is 18.6 Å². The second kappa shape index (κ2) is 15.5.